The molecule has 1 heterocycles. The summed E-state index contributed by atoms with van der Waals surface area (Å²) in [6.07, 6.45) is 2.57. The smallest absolute Gasteiger partial charge is 0.122 e. The van der Waals surface area contributed by atoms with Crippen LogP contribution in [0.2, 0.25) is 0 Å². The van der Waals surface area contributed by atoms with E-state index in [-0.39, 0.29) is 25.1 Å². The Hall–Kier alpha value is -0.770. The zero-order chi connectivity index (χ0) is 10.7. The molecule has 0 bridgehead atoms. The molecule has 0 spiro atoms. The summed E-state index contributed by atoms with van der Waals surface area (Å²) in [7, 11) is 0. The quantitative estimate of drug-likeness (QED) is 0.848. The number of hydrogen-bond acceptors (Lipinski definition) is 3. The van der Waals surface area contributed by atoms with Gasteiger partial charge in [0.25, 0.3) is 0 Å². The zero-order valence-electron chi connectivity index (χ0n) is 9.19. The molecular formula is C12H18ClNO2. The van der Waals surface area contributed by atoms with E-state index < -0.39 is 0 Å². The molecule has 1 aliphatic heterocycles. The lowest BCUT2D eigenvalue weighted by atomic mass is 10.00. The first-order chi connectivity index (χ1) is 7.31. The van der Waals surface area contributed by atoms with E-state index in [1.807, 2.05) is 12.1 Å². The highest BCUT2D eigenvalue weighted by Gasteiger charge is 2.14. The fourth-order valence-electron chi connectivity index (χ4n) is 1.92. The summed E-state index contributed by atoms with van der Waals surface area (Å²) in [6, 6.07) is 6.18. The average Bonchev–Trinajstić information content (AvgIpc) is 2.72. The van der Waals surface area contributed by atoms with E-state index in [1.165, 1.54) is 5.56 Å². The van der Waals surface area contributed by atoms with Crippen LogP contribution in [-0.4, -0.2) is 18.3 Å². The second-order valence-corrected chi connectivity index (χ2v) is 3.94. The van der Waals surface area contributed by atoms with E-state index >= 15 is 0 Å². The van der Waals surface area contributed by atoms with Crippen molar-refractivity contribution in [1.82, 2.24) is 0 Å². The molecule has 0 fully saturated rings. The lowest BCUT2D eigenvalue weighted by Crippen LogP contribution is -2.10. The van der Waals surface area contributed by atoms with E-state index in [2.05, 4.69) is 6.07 Å². The Balaban J connectivity index is 0.00000128. The van der Waals surface area contributed by atoms with Gasteiger partial charge in [0.2, 0.25) is 0 Å². The summed E-state index contributed by atoms with van der Waals surface area (Å²) >= 11 is 0. The number of halogens is 1. The third-order valence-corrected chi connectivity index (χ3v) is 2.81. The molecule has 0 amide bonds. The van der Waals surface area contributed by atoms with Crippen LogP contribution in [0.3, 0.4) is 0 Å². The Morgan fingerprint density at radius 3 is 3.00 bits per heavy atom. The van der Waals surface area contributed by atoms with Gasteiger partial charge in [-0.2, -0.15) is 0 Å². The first kappa shape index (κ1) is 13.3. The van der Waals surface area contributed by atoms with Crippen molar-refractivity contribution < 1.29 is 9.84 Å². The fraction of sp³-hybridized carbons (Fsp3) is 0.500. The topological polar surface area (TPSA) is 55.5 Å². The molecule has 1 aliphatic rings. The number of fused-ring (bicyclic) bond motifs is 1. The second-order valence-electron chi connectivity index (χ2n) is 3.94. The minimum atomic E-state index is 0. The minimum Gasteiger partial charge on any atom is -0.493 e. The molecule has 0 saturated heterocycles. The number of aliphatic hydroxyl groups is 1. The lowest BCUT2D eigenvalue weighted by Gasteiger charge is -2.12. The molecular weight excluding hydrogens is 226 g/mol. The second kappa shape index (κ2) is 6.09. The molecule has 2 rings (SSSR count). The molecule has 3 N–H and O–H groups in total. The molecule has 1 aromatic rings. The van der Waals surface area contributed by atoms with Gasteiger partial charge >= 0.3 is 0 Å². The molecule has 4 heteroatoms. The summed E-state index contributed by atoms with van der Waals surface area (Å²) in [6.45, 7) is 0.992. The van der Waals surface area contributed by atoms with Crippen molar-refractivity contribution in [3.05, 3.63) is 29.3 Å². The largest absolute Gasteiger partial charge is 0.493 e. The maximum atomic E-state index is 8.74. The van der Waals surface area contributed by atoms with E-state index in [0.29, 0.717) is 0 Å². The van der Waals surface area contributed by atoms with Gasteiger partial charge in [0, 0.05) is 19.1 Å². The number of aliphatic hydroxyl groups excluding tert-OH is 1. The highest BCUT2D eigenvalue weighted by molar-refractivity contribution is 5.85. The normalized spacial score (nSPS) is 14.9. The lowest BCUT2D eigenvalue weighted by molar-refractivity contribution is 0.280. The molecule has 90 valence electrons. The van der Waals surface area contributed by atoms with Crippen LogP contribution in [-0.2, 0) is 6.42 Å². The van der Waals surface area contributed by atoms with Crippen LogP contribution in [0.15, 0.2) is 18.2 Å². The first-order valence-electron chi connectivity index (χ1n) is 5.43. The fourth-order valence-corrected chi connectivity index (χ4v) is 1.92. The highest BCUT2D eigenvalue weighted by atomic mass is 35.5. The van der Waals surface area contributed by atoms with Gasteiger partial charge in [0.1, 0.15) is 5.75 Å². The SMILES string of the molecule is Cl.N[C@H](CCCO)c1ccc2c(c1)CCO2. The summed E-state index contributed by atoms with van der Waals surface area (Å²) in [5, 5.41) is 8.74. The van der Waals surface area contributed by atoms with E-state index in [4.69, 9.17) is 15.6 Å². The van der Waals surface area contributed by atoms with E-state index in [1.54, 1.807) is 0 Å². The van der Waals surface area contributed by atoms with Gasteiger partial charge in [-0.25, -0.2) is 0 Å². The van der Waals surface area contributed by atoms with Crippen LogP contribution < -0.4 is 10.5 Å². The van der Waals surface area contributed by atoms with Gasteiger partial charge in [0.05, 0.1) is 6.61 Å². The zero-order valence-corrected chi connectivity index (χ0v) is 10.0. The molecule has 0 aromatic heterocycles. The van der Waals surface area contributed by atoms with Crippen LogP contribution in [0.1, 0.15) is 30.0 Å². The average molecular weight is 244 g/mol. The van der Waals surface area contributed by atoms with Crippen molar-refractivity contribution in [2.45, 2.75) is 25.3 Å². The van der Waals surface area contributed by atoms with Crippen LogP contribution in [0.5, 0.6) is 5.75 Å². The van der Waals surface area contributed by atoms with Gasteiger partial charge in [-0.15, -0.1) is 12.4 Å². The van der Waals surface area contributed by atoms with Crippen molar-refractivity contribution >= 4 is 12.4 Å². The van der Waals surface area contributed by atoms with Gasteiger partial charge in [0.15, 0.2) is 0 Å². The number of rotatable bonds is 4. The van der Waals surface area contributed by atoms with Crippen LogP contribution in [0.4, 0.5) is 0 Å². The van der Waals surface area contributed by atoms with Gasteiger partial charge in [-0.3, -0.25) is 0 Å². The molecule has 0 saturated carbocycles. The van der Waals surface area contributed by atoms with Crippen molar-refractivity contribution in [1.29, 1.82) is 0 Å². The number of hydrogen-bond donors (Lipinski definition) is 2. The molecule has 3 nitrogen and oxygen atoms in total. The Morgan fingerprint density at radius 1 is 1.44 bits per heavy atom. The predicted molar refractivity (Wildman–Crippen MR) is 66.1 cm³/mol. The van der Waals surface area contributed by atoms with Crippen LogP contribution >= 0.6 is 12.4 Å². The Kier molecular flexibility index (Phi) is 5.06. The first-order valence-corrected chi connectivity index (χ1v) is 5.43. The maximum absolute atomic E-state index is 8.74. The van der Waals surface area contributed by atoms with Crippen LogP contribution in [0, 0.1) is 0 Å². The van der Waals surface area contributed by atoms with Gasteiger partial charge < -0.3 is 15.6 Å². The molecule has 1 atom stereocenters. The highest BCUT2D eigenvalue weighted by Crippen LogP contribution is 2.28. The Bertz CT molecular complexity index is 344. The molecule has 1 aromatic carbocycles. The molecule has 0 radical (unpaired) electrons. The van der Waals surface area contributed by atoms with Crippen molar-refractivity contribution in [2.75, 3.05) is 13.2 Å². The summed E-state index contributed by atoms with van der Waals surface area (Å²) < 4.78 is 5.43. The Labute approximate surface area is 102 Å². The third kappa shape index (κ3) is 2.88. The van der Waals surface area contributed by atoms with Gasteiger partial charge in [-0.05, 0) is 30.0 Å². The van der Waals surface area contributed by atoms with E-state index in [9.17, 15) is 0 Å². The van der Waals surface area contributed by atoms with E-state index in [0.717, 1.165) is 37.2 Å². The van der Waals surface area contributed by atoms with Crippen molar-refractivity contribution in [3.8, 4) is 5.75 Å². The standard InChI is InChI=1S/C12H17NO2.ClH/c13-11(2-1-6-14)9-3-4-12-10(8-9)5-7-15-12;/h3-4,8,11,14H,1-2,5-7,13H2;1H/t11-;/m1./s1. The molecule has 16 heavy (non-hydrogen) atoms. The summed E-state index contributed by atoms with van der Waals surface area (Å²) in [4.78, 5) is 0. The van der Waals surface area contributed by atoms with Gasteiger partial charge in [-0.1, -0.05) is 12.1 Å². The maximum Gasteiger partial charge on any atom is 0.122 e. The number of nitrogens with two attached hydrogens (primary N) is 1. The van der Waals surface area contributed by atoms with Crippen molar-refractivity contribution in [2.24, 2.45) is 5.73 Å². The minimum absolute atomic E-state index is 0. The monoisotopic (exact) mass is 243 g/mol. The third-order valence-electron chi connectivity index (χ3n) is 2.81. The molecule has 0 unspecified atom stereocenters. The number of ether oxygens (including phenoxy) is 1. The Morgan fingerprint density at radius 2 is 2.25 bits per heavy atom. The predicted octanol–water partition coefficient (Wildman–Crippen LogP) is 1.82. The molecule has 0 aliphatic carbocycles. The van der Waals surface area contributed by atoms with Crippen LogP contribution in [0.25, 0.3) is 0 Å². The summed E-state index contributed by atoms with van der Waals surface area (Å²) in [5.74, 6) is 0.994. The van der Waals surface area contributed by atoms with Crippen molar-refractivity contribution in [3.63, 3.8) is 0 Å². The number of benzene rings is 1. The summed E-state index contributed by atoms with van der Waals surface area (Å²) in [5.41, 5.74) is 8.43.